The van der Waals surface area contributed by atoms with Crippen LogP contribution in [0.5, 0.6) is 0 Å². The fourth-order valence-corrected chi connectivity index (χ4v) is 9.51. The lowest BCUT2D eigenvalue weighted by molar-refractivity contribution is 0.653. The standard InChI is InChI=1S/C59H40N4O/c1-3-16-44(17-4-2)62-53-31-27-41(40-26-30-52-47(34-40)46-24-14-15-25-51(46)63(52)45-22-12-7-13-23-45)35-48(53)49-36-42(28-32-54(49)62)43-29-33-55-50(37-43)58-59(64-55)61-57(39-20-10-6-11-21-39)56(60-58)38-18-8-5-9-19-38/h3-37H,1H2,2H3/b17-4-,44-16+. The topological polar surface area (TPSA) is 48.8 Å². The summed E-state index contributed by atoms with van der Waals surface area (Å²) in [5, 5.41) is 5.71. The number of benzene rings is 8. The van der Waals surface area contributed by atoms with Crippen molar-refractivity contribution >= 4 is 71.5 Å². The highest BCUT2D eigenvalue weighted by atomic mass is 16.3. The molecule has 0 unspecified atom stereocenters. The molecule has 0 saturated carbocycles. The number of hydrogen-bond donors (Lipinski definition) is 0. The molecule has 0 radical (unpaired) electrons. The van der Waals surface area contributed by atoms with E-state index < -0.39 is 0 Å². The first-order valence-electron chi connectivity index (χ1n) is 21.6. The first-order chi connectivity index (χ1) is 31.6. The Morgan fingerprint density at radius 2 is 0.984 bits per heavy atom. The molecular weight excluding hydrogens is 781 g/mol. The Kier molecular flexibility index (Phi) is 8.80. The van der Waals surface area contributed by atoms with Crippen molar-refractivity contribution in [3.8, 4) is 50.5 Å². The molecule has 4 heterocycles. The van der Waals surface area contributed by atoms with Gasteiger partial charge in [0.25, 0.3) is 0 Å². The van der Waals surface area contributed by atoms with Gasteiger partial charge in [-0.3, -0.25) is 0 Å². The molecule has 8 aromatic carbocycles. The van der Waals surface area contributed by atoms with Crippen molar-refractivity contribution in [3.05, 3.63) is 219 Å². The highest BCUT2D eigenvalue weighted by Gasteiger charge is 2.20. The molecule has 0 saturated heterocycles. The number of aromatic nitrogens is 4. The predicted molar refractivity (Wildman–Crippen MR) is 268 cm³/mol. The molecular formula is C59H40N4O. The van der Waals surface area contributed by atoms with Gasteiger partial charge in [-0.25, -0.2) is 9.97 Å². The van der Waals surface area contributed by atoms with Gasteiger partial charge in [0.15, 0.2) is 0 Å². The van der Waals surface area contributed by atoms with Crippen LogP contribution in [0.25, 0.3) is 122 Å². The van der Waals surface area contributed by atoms with Crippen LogP contribution in [-0.4, -0.2) is 19.1 Å². The SMILES string of the molecule is C=C/C=C(\C=C/C)n1c2ccc(-c3ccc4oc5nc(-c6ccccc6)c(-c6ccccc6)nc5c4c3)cc2c2cc(-c3ccc4c(c3)c3ccccc3n4-c3ccccc3)ccc21. The van der Waals surface area contributed by atoms with Crippen LogP contribution in [0.4, 0.5) is 0 Å². The van der Waals surface area contributed by atoms with E-state index in [4.69, 9.17) is 14.4 Å². The van der Waals surface area contributed by atoms with Crippen molar-refractivity contribution in [2.75, 3.05) is 0 Å². The molecule has 0 N–H and O–H groups in total. The molecule has 12 aromatic rings. The molecule has 0 amide bonds. The molecule has 12 rings (SSSR count). The van der Waals surface area contributed by atoms with Crippen LogP contribution in [0.2, 0.25) is 0 Å². The quantitative estimate of drug-likeness (QED) is 0.143. The predicted octanol–water partition coefficient (Wildman–Crippen LogP) is 15.9. The zero-order valence-corrected chi connectivity index (χ0v) is 35.1. The lowest BCUT2D eigenvalue weighted by Crippen LogP contribution is -1.94. The van der Waals surface area contributed by atoms with Crippen LogP contribution in [0.1, 0.15) is 6.92 Å². The van der Waals surface area contributed by atoms with Crippen molar-refractivity contribution in [2.45, 2.75) is 6.92 Å². The maximum absolute atomic E-state index is 6.43. The van der Waals surface area contributed by atoms with E-state index in [1.165, 1.54) is 32.8 Å². The largest absolute Gasteiger partial charge is 0.436 e. The highest BCUT2D eigenvalue weighted by molar-refractivity contribution is 6.14. The summed E-state index contributed by atoms with van der Waals surface area (Å²) in [7, 11) is 0. The second kappa shape index (κ2) is 15.1. The summed E-state index contributed by atoms with van der Waals surface area (Å²) in [4.78, 5) is 10.4. The van der Waals surface area contributed by atoms with Gasteiger partial charge < -0.3 is 13.6 Å². The normalized spacial score (nSPS) is 12.2. The molecule has 0 fully saturated rings. The summed E-state index contributed by atoms with van der Waals surface area (Å²) in [6.45, 7) is 6.12. The van der Waals surface area contributed by atoms with Gasteiger partial charge in [0.1, 0.15) is 16.8 Å². The third kappa shape index (κ3) is 6.01. The van der Waals surface area contributed by atoms with Gasteiger partial charge in [-0.15, -0.1) is 0 Å². The average Bonchev–Trinajstić information content (AvgIpc) is 4.00. The van der Waals surface area contributed by atoms with Gasteiger partial charge in [0, 0.05) is 49.4 Å². The minimum Gasteiger partial charge on any atom is -0.436 e. The third-order valence-corrected chi connectivity index (χ3v) is 12.4. The van der Waals surface area contributed by atoms with Crippen LogP contribution in [-0.2, 0) is 0 Å². The lowest BCUT2D eigenvalue weighted by atomic mass is 9.98. The van der Waals surface area contributed by atoms with E-state index in [1.807, 2.05) is 48.5 Å². The Balaban J connectivity index is 1.03. The summed E-state index contributed by atoms with van der Waals surface area (Å²) in [6, 6.07) is 66.7. The fraction of sp³-hybridized carbons (Fsp3) is 0.0169. The highest BCUT2D eigenvalue weighted by Crippen LogP contribution is 2.41. The van der Waals surface area contributed by atoms with Crippen LogP contribution >= 0.6 is 0 Å². The summed E-state index contributed by atoms with van der Waals surface area (Å²) >= 11 is 0. The van der Waals surface area contributed by atoms with Crippen LogP contribution in [0.3, 0.4) is 0 Å². The van der Waals surface area contributed by atoms with Gasteiger partial charge in [0.2, 0.25) is 5.71 Å². The summed E-state index contributed by atoms with van der Waals surface area (Å²) in [5.74, 6) is 0. The Morgan fingerprint density at radius 1 is 0.484 bits per heavy atom. The molecule has 0 aliphatic carbocycles. The van der Waals surface area contributed by atoms with Gasteiger partial charge in [0.05, 0.1) is 27.8 Å². The molecule has 0 aliphatic heterocycles. The van der Waals surface area contributed by atoms with Crippen molar-refractivity contribution in [1.82, 2.24) is 19.1 Å². The van der Waals surface area contributed by atoms with E-state index in [-0.39, 0.29) is 0 Å². The van der Waals surface area contributed by atoms with Crippen molar-refractivity contribution in [2.24, 2.45) is 0 Å². The summed E-state index contributed by atoms with van der Waals surface area (Å²) in [5.41, 5.74) is 16.9. The van der Waals surface area contributed by atoms with Crippen molar-refractivity contribution in [1.29, 1.82) is 0 Å². The van der Waals surface area contributed by atoms with E-state index in [2.05, 4.69) is 186 Å². The maximum atomic E-state index is 6.43. The zero-order chi connectivity index (χ0) is 42.7. The molecule has 302 valence electrons. The molecule has 0 spiro atoms. The Labute approximate surface area is 369 Å². The van der Waals surface area contributed by atoms with E-state index in [0.717, 1.165) is 83.5 Å². The van der Waals surface area contributed by atoms with Crippen molar-refractivity contribution < 1.29 is 4.42 Å². The van der Waals surface area contributed by atoms with Gasteiger partial charge in [-0.1, -0.05) is 140 Å². The number of furan rings is 1. The first-order valence-corrected chi connectivity index (χ1v) is 21.6. The number of para-hydroxylation sites is 2. The maximum Gasteiger partial charge on any atom is 0.246 e. The number of fused-ring (bicyclic) bond motifs is 9. The Morgan fingerprint density at radius 3 is 1.59 bits per heavy atom. The monoisotopic (exact) mass is 820 g/mol. The molecule has 64 heavy (non-hydrogen) atoms. The molecule has 5 heteroatoms. The Hall–Kier alpha value is -8.54. The summed E-state index contributed by atoms with van der Waals surface area (Å²) in [6.07, 6.45) is 8.15. The van der Waals surface area contributed by atoms with E-state index >= 15 is 0 Å². The van der Waals surface area contributed by atoms with Gasteiger partial charge in [-0.2, -0.15) is 0 Å². The fourth-order valence-electron chi connectivity index (χ4n) is 9.51. The third-order valence-electron chi connectivity index (χ3n) is 12.4. The summed E-state index contributed by atoms with van der Waals surface area (Å²) < 4.78 is 11.1. The van der Waals surface area contributed by atoms with Gasteiger partial charge in [-0.05, 0) is 108 Å². The number of nitrogens with zero attached hydrogens (tertiary/aromatic N) is 4. The van der Waals surface area contributed by atoms with E-state index in [1.54, 1.807) is 0 Å². The lowest BCUT2D eigenvalue weighted by Gasteiger charge is -2.10. The number of rotatable bonds is 8. The second-order valence-electron chi connectivity index (χ2n) is 16.2. The van der Waals surface area contributed by atoms with E-state index in [0.29, 0.717) is 5.71 Å². The smallest absolute Gasteiger partial charge is 0.246 e. The van der Waals surface area contributed by atoms with Crippen LogP contribution < -0.4 is 0 Å². The average molecular weight is 821 g/mol. The van der Waals surface area contributed by atoms with Gasteiger partial charge >= 0.3 is 0 Å². The zero-order valence-electron chi connectivity index (χ0n) is 35.1. The van der Waals surface area contributed by atoms with Crippen molar-refractivity contribution in [3.63, 3.8) is 0 Å². The van der Waals surface area contributed by atoms with Crippen LogP contribution in [0.15, 0.2) is 223 Å². The molecule has 0 atom stereocenters. The molecule has 4 aromatic heterocycles. The minimum atomic E-state index is 0.519. The van der Waals surface area contributed by atoms with Crippen LogP contribution in [0, 0.1) is 0 Å². The minimum absolute atomic E-state index is 0.519. The van der Waals surface area contributed by atoms with E-state index in [9.17, 15) is 0 Å². The Bertz CT molecular complexity index is 3850. The molecule has 5 nitrogen and oxygen atoms in total. The second-order valence-corrected chi connectivity index (χ2v) is 16.2. The molecule has 0 aliphatic rings. The number of hydrogen-bond acceptors (Lipinski definition) is 3. The number of allylic oxidation sites excluding steroid dienone is 5. The first kappa shape index (κ1) is 37.2. The molecule has 0 bridgehead atoms.